The Morgan fingerprint density at radius 3 is 2.31 bits per heavy atom. The van der Waals surface area contributed by atoms with Crippen molar-refractivity contribution in [3.63, 3.8) is 0 Å². The molecule has 1 aromatic carbocycles. The molecule has 4 rings (SSSR count). The summed E-state index contributed by atoms with van der Waals surface area (Å²) in [5.74, 6) is -1.13. The van der Waals surface area contributed by atoms with Gasteiger partial charge in [-0.15, -0.1) is 0 Å². The zero-order chi connectivity index (χ0) is 43.2. The fourth-order valence-corrected chi connectivity index (χ4v) is 9.96. The van der Waals surface area contributed by atoms with Crippen LogP contribution in [0.15, 0.2) is 41.8 Å². The number of carbonyl (C=O) groups is 3. The summed E-state index contributed by atoms with van der Waals surface area (Å²) in [7, 11) is -17.7. The lowest BCUT2D eigenvalue weighted by molar-refractivity contribution is -0.137. The number of carbonyl (C=O) groups excluding carboxylic acids is 3. The highest BCUT2D eigenvalue weighted by Crippen LogP contribution is 2.61. The molecule has 3 aromatic rings. The molecule has 58 heavy (non-hydrogen) atoms. The predicted molar refractivity (Wildman–Crippen MR) is 201 cm³/mol. The van der Waals surface area contributed by atoms with Gasteiger partial charge in [0.05, 0.1) is 19.5 Å². The third-order valence-electron chi connectivity index (χ3n) is 8.28. The molecule has 0 radical (unpaired) electrons. The van der Waals surface area contributed by atoms with E-state index in [1.165, 1.54) is 32.9 Å². The molecule has 1 aliphatic rings. The Balaban J connectivity index is 1.25. The van der Waals surface area contributed by atoms with Gasteiger partial charge in [-0.05, 0) is 29.2 Å². The second-order valence-corrected chi connectivity index (χ2v) is 19.9. The summed E-state index contributed by atoms with van der Waals surface area (Å²) in [5.41, 5.74) is 4.23. The van der Waals surface area contributed by atoms with Crippen LogP contribution in [-0.2, 0) is 50.7 Å². The van der Waals surface area contributed by atoms with Crippen LogP contribution in [0.5, 0.6) is 5.75 Å². The van der Waals surface area contributed by atoms with E-state index in [9.17, 15) is 63.0 Å². The SMILES string of the molecule is CC(=O)[SH](CCNC(=O)CCNC(=O)C(O)C(C)(C)COP(=O)(O)OP(=O)(O)OC[C@H]1O[C@@H](n2cnc3c(N)ncnc32)[C@H](O)[C@@H]1OP(=O)(O)O)c1ccc(O)cc1. The average molecular weight is 904 g/mol. The maximum Gasteiger partial charge on any atom is 0.481 e. The molecule has 1 fully saturated rings. The largest absolute Gasteiger partial charge is 0.508 e. The summed E-state index contributed by atoms with van der Waals surface area (Å²) in [6.07, 6.45) is -7.02. The number of thiol groups is 1. The van der Waals surface area contributed by atoms with Gasteiger partial charge in [0.15, 0.2) is 22.8 Å². The van der Waals surface area contributed by atoms with Crippen molar-refractivity contribution in [3.8, 4) is 5.75 Å². The number of aromatic hydroxyl groups is 1. The van der Waals surface area contributed by atoms with Crippen molar-refractivity contribution in [3.05, 3.63) is 36.9 Å². The van der Waals surface area contributed by atoms with Gasteiger partial charge < -0.3 is 56.0 Å². The molecule has 2 amide bonds. The van der Waals surface area contributed by atoms with Gasteiger partial charge in [-0.2, -0.15) is 15.2 Å². The number of ether oxygens (including phenoxy) is 1. The van der Waals surface area contributed by atoms with Gasteiger partial charge in [-0.1, -0.05) is 13.8 Å². The van der Waals surface area contributed by atoms with E-state index < -0.39 is 95.4 Å². The van der Waals surface area contributed by atoms with Crippen LogP contribution < -0.4 is 16.4 Å². The summed E-state index contributed by atoms with van der Waals surface area (Å²) in [6.45, 7) is 1.80. The topological polar surface area (TPSA) is 384 Å². The van der Waals surface area contributed by atoms with Crippen molar-refractivity contribution in [2.24, 2.45) is 5.41 Å². The smallest absolute Gasteiger partial charge is 0.481 e. The molecule has 1 saturated heterocycles. The Bertz CT molecular complexity index is 2090. The Kier molecular flexibility index (Phi) is 15.7. The summed E-state index contributed by atoms with van der Waals surface area (Å²) >= 11 is 0. The second-order valence-electron chi connectivity index (χ2n) is 13.3. The molecule has 11 N–H and O–H groups in total. The van der Waals surface area contributed by atoms with Crippen molar-refractivity contribution < 1.29 is 85.6 Å². The molecule has 4 unspecified atom stereocenters. The number of anilines is 1. The zero-order valence-electron chi connectivity index (χ0n) is 30.9. The minimum Gasteiger partial charge on any atom is -0.508 e. The number of hydrogen-bond donors (Lipinski definition) is 11. The van der Waals surface area contributed by atoms with Crippen LogP contribution in [0.1, 0.15) is 33.4 Å². The number of aliphatic hydroxyl groups is 2. The number of phenols is 1. The van der Waals surface area contributed by atoms with Crippen molar-refractivity contribution in [2.45, 2.75) is 62.7 Å². The molecule has 25 nitrogen and oxygen atoms in total. The molecule has 29 heteroatoms. The first-order valence-electron chi connectivity index (χ1n) is 16.9. The number of nitrogens with zero attached hydrogens (tertiary/aromatic N) is 4. The summed E-state index contributed by atoms with van der Waals surface area (Å²) in [6, 6.07) is 6.18. The third-order valence-corrected chi connectivity index (χ3v) is 13.7. The number of nitrogens with one attached hydrogen (secondary N) is 2. The lowest BCUT2D eigenvalue weighted by Gasteiger charge is -2.30. The van der Waals surface area contributed by atoms with Gasteiger partial charge in [0.1, 0.15) is 42.0 Å². The Morgan fingerprint density at radius 1 is 1.02 bits per heavy atom. The number of amides is 2. The minimum absolute atomic E-state index is 0.0248. The Morgan fingerprint density at radius 2 is 1.67 bits per heavy atom. The highest BCUT2D eigenvalue weighted by molar-refractivity contribution is 8.29. The van der Waals surface area contributed by atoms with E-state index in [-0.39, 0.29) is 47.4 Å². The predicted octanol–water partition coefficient (Wildman–Crippen LogP) is -0.283. The van der Waals surface area contributed by atoms with Crippen LogP contribution in [0.3, 0.4) is 0 Å². The number of nitrogens with two attached hydrogens (primary N) is 1. The zero-order valence-corrected chi connectivity index (χ0v) is 34.4. The van der Waals surface area contributed by atoms with Crippen molar-refractivity contribution in [1.29, 1.82) is 0 Å². The number of fused-ring (bicyclic) bond motifs is 1. The highest BCUT2D eigenvalue weighted by atomic mass is 32.2. The van der Waals surface area contributed by atoms with Crippen LogP contribution in [0.25, 0.3) is 11.2 Å². The van der Waals surface area contributed by atoms with Gasteiger partial charge in [0.2, 0.25) is 11.8 Å². The molecule has 2 aromatic heterocycles. The van der Waals surface area contributed by atoms with Crippen molar-refractivity contribution >= 4 is 68.3 Å². The van der Waals surface area contributed by atoms with Gasteiger partial charge in [0.25, 0.3) is 0 Å². The molecule has 0 saturated carbocycles. The lowest BCUT2D eigenvalue weighted by atomic mass is 9.87. The monoisotopic (exact) mass is 903 g/mol. The number of nitrogen functional groups attached to an aromatic ring is 1. The number of phosphoric ester groups is 3. The van der Waals surface area contributed by atoms with Crippen molar-refractivity contribution in [2.75, 3.05) is 37.8 Å². The van der Waals surface area contributed by atoms with E-state index in [2.05, 4.69) is 34.4 Å². The average Bonchev–Trinajstić information content (AvgIpc) is 3.68. The first kappa shape index (κ1) is 47.3. The summed E-state index contributed by atoms with van der Waals surface area (Å²) in [5, 5.41) is 35.9. The van der Waals surface area contributed by atoms with E-state index in [0.717, 1.165) is 22.1 Å². The Labute approximate surface area is 332 Å². The number of rotatable bonds is 20. The molecule has 0 bridgehead atoms. The second kappa shape index (κ2) is 19.3. The Hall–Kier alpha value is -3.42. The van der Waals surface area contributed by atoms with Crippen molar-refractivity contribution in [1.82, 2.24) is 30.2 Å². The standard InChI is InChI=1S/C29H44N7O18P3S/c1-16(37)58(18-6-4-17(38)5-7-18)11-10-31-20(39)8-9-32-27(42)24(41)29(2,3)13-51-57(48,49)54-56(46,47)50-12-19-23(53-55(43,44)45)22(40)28(52-19)36-15-35-21-25(30)33-14-34-26(21)36/h4-7,14-15,19,22-24,28,38,40-41,58H,8-13H2,1-3H3,(H,31,39)(H,32,42)(H,46,47)(H,48,49)(H2,30,33,34)(H2,43,44,45)/t19-,22-,23-,24?,28-/m1/s1. The number of phenolic OH excluding ortho intramolecular Hbond substituents is 1. The molecule has 0 aliphatic carbocycles. The third kappa shape index (κ3) is 13.0. The maximum absolute atomic E-state index is 12.7. The van der Waals surface area contributed by atoms with Crippen LogP contribution >= 0.6 is 34.4 Å². The minimum atomic E-state index is -5.59. The first-order valence-corrected chi connectivity index (χ1v) is 22.9. The molecular formula is C29H44N7O18P3S. The summed E-state index contributed by atoms with van der Waals surface area (Å²) < 4.78 is 62.2. The van der Waals surface area contributed by atoms with Crippen LogP contribution in [0, 0.1) is 5.41 Å². The number of imidazole rings is 1. The molecule has 3 heterocycles. The van der Waals surface area contributed by atoms with E-state index in [0.29, 0.717) is 5.75 Å². The van der Waals surface area contributed by atoms with Gasteiger partial charge >= 0.3 is 23.5 Å². The molecule has 8 atom stereocenters. The fourth-order valence-electron chi connectivity index (χ4n) is 5.35. The fraction of sp³-hybridized carbons (Fsp3) is 0.517. The number of benzene rings is 1. The quantitative estimate of drug-likeness (QED) is 0.0513. The summed E-state index contributed by atoms with van der Waals surface area (Å²) in [4.78, 5) is 88.8. The van der Waals surface area contributed by atoms with Crippen LogP contribution in [0.4, 0.5) is 5.82 Å². The van der Waals surface area contributed by atoms with E-state index in [4.69, 9.17) is 19.5 Å². The van der Waals surface area contributed by atoms with Gasteiger partial charge in [0, 0.05) is 37.6 Å². The molecule has 1 aliphatic heterocycles. The normalized spacial score (nSPS) is 22.1. The lowest BCUT2D eigenvalue weighted by Crippen LogP contribution is -2.46. The van der Waals surface area contributed by atoms with Crippen LogP contribution in [-0.4, -0.2) is 128 Å². The van der Waals surface area contributed by atoms with E-state index in [1.807, 2.05) is 0 Å². The van der Waals surface area contributed by atoms with E-state index >= 15 is 0 Å². The first-order chi connectivity index (χ1) is 26.9. The highest BCUT2D eigenvalue weighted by Gasteiger charge is 2.50. The van der Waals surface area contributed by atoms with Gasteiger partial charge in [-0.3, -0.25) is 32.5 Å². The molecule has 0 spiro atoms. The number of aromatic nitrogens is 4. The number of hydrogen-bond acceptors (Lipinski definition) is 18. The number of phosphoric acid groups is 3. The van der Waals surface area contributed by atoms with Gasteiger partial charge in [-0.25, -0.2) is 28.6 Å². The van der Waals surface area contributed by atoms with Crippen LogP contribution in [0.2, 0.25) is 0 Å². The maximum atomic E-state index is 12.7. The molecule has 324 valence electrons. The molecular weight excluding hydrogens is 859 g/mol. The van der Waals surface area contributed by atoms with E-state index in [1.54, 1.807) is 12.1 Å². The number of aliphatic hydroxyl groups excluding tert-OH is 2.